The van der Waals surface area contributed by atoms with Crippen molar-refractivity contribution in [2.45, 2.75) is 26.0 Å². The monoisotopic (exact) mass is 352 g/mol. The lowest BCUT2D eigenvalue weighted by Crippen LogP contribution is -2.32. The molecule has 1 amide bonds. The third kappa shape index (κ3) is 3.25. The first-order valence-electron chi connectivity index (χ1n) is 8.60. The van der Waals surface area contributed by atoms with Crippen LogP contribution in [0.2, 0.25) is 0 Å². The second-order valence-corrected chi connectivity index (χ2v) is 6.31. The van der Waals surface area contributed by atoms with Gasteiger partial charge in [0.15, 0.2) is 6.39 Å². The van der Waals surface area contributed by atoms with Gasteiger partial charge in [0.1, 0.15) is 11.5 Å². The van der Waals surface area contributed by atoms with Crippen LogP contribution in [0.5, 0.6) is 0 Å². The number of hydrogen-bond acceptors (Lipinski definition) is 5. The quantitative estimate of drug-likeness (QED) is 0.763. The number of nitrogens with one attached hydrogen (secondary N) is 1. The zero-order valence-electron chi connectivity index (χ0n) is 14.5. The number of aromatic nitrogens is 3. The zero-order chi connectivity index (χ0) is 17.9. The summed E-state index contributed by atoms with van der Waals surface area (Å²) in [6.07, 6.45) is 5.48. The van der Waals surface area contributed by atoms with E-state index >= 15 is 0 Å². The molecule has 0 bridgehead atoms. The fraction of sp³-hybridized carbons (Fsp3) is 0.316. The SMILES string of the molecule is Cc1ocnc1CNC(=O)[C@H]1CCO[C@@H]1c1cnn(-c2ccccc2)c1. The molecule has 2 atom stereocenters. The van der Waals surface area contributed by atoms with Crippen LogP contribution in [-0.4, -0.2) is 27.3 Å². The van der Waals surface area contributed by atoms with E-state index in [-0.39, 0.29) is 17.9 Å². The minimum Gasteiger partial charge on any atom is -0.448 e. The normalized spacial score (nSPS) is 19.6. The number of rotatable bonds is 5. The first-order valence-corrected chi connectivity index (χ1v) is 8.60. The van der Waals surface area contributed by atoms with Crippen LogP contribution >= 0.6 is 0 Å². The highest BCUT2D eigenvalue weighted by Gasteiger charge is 2.36. The summed E-state index contributed by atoms with van der Waals surface area (Å²) in [7, 11) is 0. The van der Waals surface area contributed by atoms with Crippen molar-refractivity contribution in [3.8, 4) is 5.69 Å². The second-order valence-electron chi connectivity index (χ2n) is 6.31. The standard InChI is InChI=1S/C19H20N4O3/c1-13-17(21-12-26-13)10-20-19(24)16-7-8-25-18(16)14-9-22-23(11-14)15-5-3-2-4-6-15/h2-6,9,11-12,16,18H,7-8,10H2,1H3,(H,20,24)/t16-,18+/m0/s1. The summed E-state index contributed by atoms with van der Waals surface area (Å²) in [4.78, 5) is 16.7. The van der Waals surface area contributed by atoms with E-state index in [0.29, 0.717) is 25.3 Å². The molecule has 0 aliphatic carbocycles. The molecule has 0 unspecified atom stereocenters. The third-order valence-electron chi connectivity index (χ3n) is 4.65. The van der Waals surface area contributed by atoms with Gasteiger partial charge in [-0.2, -0.15) is 5.10 Å². The molecule has 2 aromatic heterocycles. The van der Waals surface area contributed by atoms with Gasteiger partial charge in [0, 0.05) is 18.4 Å². The number of oxazole rings is 1. The molecule has 0 radical (unpaired) electrons. The maximum atomic E-state index is 12.6. The number of benzene rings is 1. The van der Waals surface area contributed by atoms with E-state index in [0.717, 1.165) is 16.9 Å². The number of carbonyl (C=O) groups excluding carboxylic acids is 1. The highest BCUT2D eigenvalue weighted by atomic mass is 16.5. The molecule has 26 heavy (non-hydrogen) atoms. The van der Waals surface area contributed by atoms with Crippen molar-refractivity contribution in [3.05, 3.63) is 66.1 Å². The molecule has 1 fully saturated rings. The zero-order valence-corrected chi connectivity index (χ0v) is 14.5. The number of ether oxygens (including phenoxy) is 1. The molecule has 7 nitrogen and oxygen atoms in total. The fourth-order valence-corrected chi connectivity index (χ4v) is 3.19. The third-order valence-corrected chi connectivity index (χ3v) is 4.65. The summed E-state index contributed by atoms with van der Waals surface area (Å²) >= 11 is 0. The molecule has 3 heterocycles. The van der Waals surface area contributed by atoms with E-state index in [1.165, 1.54) is 6.39 Å². The largest absolute Gasteiger partial charge is 0.448 e. The number of amides is 1. The van der Waals surface area contributed by atoms with Gasteiger partial charge in [0.2, 0.25) is 5.91 Å². The number of carbonyl (C=O) groups is 1. The summed E-state index contributed by atoms with van der Waals surface area (Å²) in [5.74, 6) is 0.437. The minimum atomic E-state index is -0.286. The van der Waals surface area contributed by atoms with Gasteiger partial charge in [-0.1, -0.05) is 18.2 Å². The molecular weight excluding hydrogens is 332 g/mol. The Morgan fingerprint density at radius 1 is 1.35 bits per heavy atom. The Bertz CT molecular complexity index is 887. The number of hydrogen-bond donors (Lipinski definition) is 1. The number of aryl methyl sites for hydroxylation is 1. The lowest BCUT2D eigenvalue weighted by molar-refractivity contribution is -0.127. The molecule has 0 spiro atoms. The first kappa shape index (κ1) is 16.5. The molecule has 1 N–H and O–H groups in total. The maximum Gasteiger partial charge on any atom is 0.226 e. The van der Waals surface area contributed by atoms with Gasteiger partial charge in [-0.3, -0.25) is 4.79 Å². The van der Waals surface area contributed by atoms with E-state index in [9.17, 15) is 4.79 Å². The second kappa shape index (κ2) is 7.13. The predicted molar refractivity (Wildman–Crippen MR) is 93.5 cm³/mol. The molecule has 1 aromatic carbocycles. The van der Waals surface area contributed by atoms with Crippen molar-refractivity contribution in [1.29, 1.82) is 0 Å². The molecule has 1 aliphatic heterocycles. The van der Waals surface area contributed by atoms with E-state index in [2.05, 4.69) is 15.4 Å². The predicted octanol–water partition coefficient (Wildman–Crippen LogP) is 2.56. The lowest BCUT2D eigenvalue weighted by Gasteiger charge is -2.16. The minimum absolute atomic E-state index is 0.0395. The number of nitrogens with zero attached hydrogens (tertiary/aromatic N) is 3. The summed E-state index contributed by atoms with van der Waals surface area (Å²) in [6, 6.07) is 9.86. The highest BCUT2D eigenvalue weighted by Crippen LogP contribution is 2.34. The van der Waals surface area contributed by atoms with Gasteiger partial charge in [0.05, 0.1) is 30.5 Å². The van der Waals surface area contributed by atoms with E-state index in [1.807, 2.05) is 43.5 Å². The maximum absolute atomic E-state index is 12.6. The van der Waals surface area contributed by atoms with Crippen LogP contribution < -0.4 is 5.32 Å². The Kier molecular flexibility index (Phi) is 4.53. The Morgan fingerprint density at radius 2 is 2.19 bits per heavy atom. The first-order chi connectivity index (χ1) is 12.7. The fourth-order valence-electron chi connectivity index (χ4n) is 3.19. The molecule has 3 aromatic rings. The van der Waals surface area contributed by atoms with Gasteiger partial charge in [0.25, 0.3) is 0 Å². The van der Waals surface area contributed by atoms with Crippen LogP contribution in [-0.2, 0) is 16.1 Å². The molecule has 1 saturated heterocycles. The van der Waals surface area contributed by atoms with Gasteiger partial charge in [-0.15, -0.1) is 0 Å². The van der Waals surface area contributed by atoms with Crippen molar-refractivity contribution < 1.29 is 13.9 Å². The summed E-state index contributed by atoms with van der Waals surface area (Å²) < 4.78 is 12.8. The Labute approximate surface area is 151 Å². The van der Waals surface area contributed by atoms with E-state index < -0.39 is 0 Å². The average molecular weight is 352 g/mol. The molecule has 134 valence electrons. The lowest BCUT2D eigenvalue weighted by atomic mass is 9.96. The van der Waals surface area contributed by atoms with Crippen LogP contribution in [0.25, 0.3) is 5.69 Å². The van der Waals surface area contributed by atoms with E-state index in [1.54, 1.807) is 10.9 Å². The van der Waals surface area contributed by atoms with Crippen LogP contribution in [0, 0.1) is 12.8 Å². The Hall–Kier alpha value is -2.93. The van der Waals surface area contributed by atoms with Crippen molar-refractivity contribution in [2.75, 3.05) is 6.61 Å². The Morgan fingerprint density at radius 3 is 2.96 bits per heavy atom. The van der Waals surface area contributed by atoms with Crippen molar-refractivity contribution in [3.63, 3.8) is 0 Å². The van der Waals surface area contributed by atoms with E-state index in [4.69, 9.17) is 9.15 Å². The molecular formula is C19H20N4O3. The van der Waals surface area contributed by atoms with Gasteiger partial charge in [-0.25, -0.2) is 9.67 Å². The van der Waals surface area contributed by atoms with Crippen LogP contribution in [0.4, 0.5) is 0 Å². The molecule has 7 heteroatoms. The summed E-state index contributed by atoms with van der Waals surface area (Å²) in [6.45, 7) is 2.74. The number of para-hydroxylation sites is 1. The average Bonchev–Trinajstić information content (AvgIpc) is 3.40. The topological polar surface area (TPSA) is 82.2 Å². The van der Waals surface area contributed by atoms with Gasteiger partial charge < -0.3 is 14.5 Å². The smallest absolute Gasteiger partial charge is 0.226 e. The van der Waals surface area contributed by atoms with Gasteiger partial charge in [-0.05, 0) is 25.5 Å². The van der Waals surface area contributed by atoms with Crippen LogP contribution in [0.3, 0.4) is 0 Å². The van der Waals surface area contributed by atoms with Gasteiger partial charge >= 0.3 is 0 Å². The van der Waals surface area contributed by atoms with Crippen molar-refractivity contribution in [1.82, 2.24) is 20.1 Å². The van der Waals surface area contributed by atoms with Crippen molar-refractivity contribution in [2.24, 2.45) is 5.92 Å². The highest BCUT2D eigenvalue weighted by molar-refractivity contribution is 5.79. The Balaban J connectivity index is 1.45. The van der Waals surface area contributed by atoms with Crippen LogP contribution in [0.1, 0.15) is 29.5 Å². The van der Waals surface area contributed by atoms with Crippen molar-refractivity contribution >= 4 is 5.91 Å². The van der Waals surface area contributed by atoms with Crippen LogP contribution in [0.15, 0.2) is 53.5 Å². The molecule has 4 rings (SSSR count). The summed E-state index contributed by atoms with van der Waals surface area (Å²) in [5, 5.41) is 7.34. The molecule has 0 saturated carbocycles. The molecule has 1 aliphatic rings. The summed E-state index contributed by atoms with van der Waals surface area (Å²) in [5.41, 5.74) is 2.62.